The molecule has 1 aliphatic rings. The predicted octanol–water partition coefficient (Wildman–Crippen LogP) is 4.82. The van der Waals surface area contributed by atoms with Gasteiger partial charge in [0.2, 0.25) is 0 Å². The summed E-state index contributed by atoms with van der Waals surface area (Å²) in [6, 6.07) is 20.0. The standard InChI is InChI=1S/C21H15ClN2O2S/c1-23(15-8-3-2-4-9-15)19-18(17-11-6-12-27-17)20(25)24(21(19)26)16-10-5-7-14(22)13-16/h2-13H,1H3. The van der Waals surface area contributed by atoms with Crippen LogP contribution in [0.2, 0.25) is 5.02 Å². The van der Waals surface area contributed by atoms with Crippen molar-refractivity contribution in [1.82, 2.24) is 0 Å². The van der Waals surface area contributed by atoms with Crippen molar-refractivity contribution in [1.29, 1.82) is 0 Å². The van der Waals surface area contributed by atoms with E-state index < -0.39 is 0 Å². The number of rotatable bonds is 4. The van der Waals surface area contributed by atoms with Crippen molar-refractivity contribution < 1.29 is 9.59 Å². The molecule has 4 nitrogen and oxygen atoms in total. The van der Waals surface area contributed by atoms with E-state index in [-0.39, 0.29) is 11.8 Å². The second-order valence-electron chi connectivity index (χ2n) is 6.02. The van der Waals surface area contributed by atoms with Gasteiger partial charge in [0.25, 0.3) is 11.8 Å². The molecule has 0 N–H and O–H groups in total. The van der Waals surface area contributed by atoms with Crippen LogP contribution >= 0.6 is 22.9 Å². The van der Waals surface area contributed by atoms with Crippen LogP contribution in [0.3, 0.4) is 0 Å². The van der Waals surface area contributed by atoms with E-state index in [1.54, 1.807) is 36.2 Å². The maximum Gasteiger partial charge on any atom is 0.282 e. The zero-order chi connectivity index (χ0) is 19.0. The van der Waals surface area contributed by atoms with Crippen LogP contribution in [0.5, 0.6) is 0 Å². The molecule has 0 atom stereocenters. The summed E-state index contributed by atoms with van der Waals surface area (Å²) in [7, 11) is 1.80. The molecule has 0 unspecified atom stereocenters. The number of likely N-dealkylation sites (N-methyl/N-ethyl adjacent to an activating group) is 1. The van der Waals surface area contributed by atoms with E-state index >= 15 is 0 Å². The fourth-order valence-corrected chi connectivity index (χ4v) is 4.05. The Morgan fingerprint density at radius 2 is 1.70 bits per heavy atom. The molecule has 134 valence electrons. The number of para-hydroxylation sites is 1. The van der Waals surface area contributed by atoms with Gasteiger partial charge in [-0.15, -0.1) is 11.3 Å². The number of carbonyl (C=O) groups is 2. The van der Waals surface area contributed by atoms with Gasteiger partial charge in [0.15, 0.2) is 0 Å². The first kappa shape index (κ1) is 17.5. The molecular formula is C21H15ClN2O2S. The Labute approximate surface area is 165 Å². The third kappa shape index (κ3) is 3.05. The lowest BCUT2D eigenvalue weighted by molar-refractivity contribution is -0.120. The number of imide groups is 1. The molecule has 1 aromatic heterocycles. The smallest absolute Gasteiger partial charge is 0.282 e. The second kappa shape index (κ2) is 7.02. The normalized spacial score (nSPS) is 14.2. The summed E-state index contributed by atoms with van der Waals surface area (Å²) >= 11 is 7.51. The van der Waals surface area contributed by atoms with Crippen molar-refractivity contribution in [2.24, 2.45) is 0 Å². The molecule has 0 spiro atoms. The van der Waals surface area contributed by atoms with Crippen molar-refractivity contribution in [3.63, 3.8) is 0 Å². The third-order valence-corrected chi connectivity index (χ3v) is 5.49. The van der Waals surface area contributed by atoms with Gasteiger partial charge < -0.3 is 4.90 Å². The highest BCUT2D eigenvalue weighted by molar-refractivity contribution is 7.11. The zero-order valence-electron chi connectivity index (χ0n) is 14.4. The first-order valence-corrected chi connectivity index (χ1v) is 9.55. The highest BCUT2D eigenvalue weighted by Crippen LogP contribution is 2.37. The van der Waals surface area contributed by atoms with E-state index in [0.29, 0.717) is 22.0 Å². The minimum absolute atomic E-state index is 0.345. The fourth-order valence-electron chi connectivity index (χ4n) is 3.10. The van der Waals surface area contributed by atoms with Gasteiger partial charge in [0.1, 0.15) is 5.70 Å². The van der Waals surface area contributed by atoms with E-state index in [1.165, 1.54) is 16.2 Å². The molecule has 0 aliphatic carbocycles. The Bertz CT molecular complexity index is 1050. The molecule has 4 rings (SSSR count). The molecule has 2 aromatic carbocycles. The topological polar surface area (TPSA) is 40.6 Å². The molecule has 6 heteroatoms. The number of carbonyl (C=O) groups excluding carboxylic acids is 2. The highest BCUT2D eigenvalue weighted by atomic mass is 35.5. The van der Waals surface area contributed by atoms with Crippen LogP contribution in [0.1, 0.15) is 4.88 Å². The quantitative estimate of drug-likeness (QED) is 0.595. The number of halogens is 1. The van der Waals surface area contributed by atoms with E-state index in [4.69, 9.17) is 11.6 Å². The Morgan fingerprint density at radius 3 is 2.37 bits per heavy atom. The third-order valence-electron chi connectivity index (χ3n) is 4.37. The number of thiophene rings is 1. The first-order chi connectivity index (χ1) is 13.1. The molecule has 2 amide bonds. The number of hydrogen-bond acceptors (Lipinski definition) is 4. The van der Waals surface area contributed by atoms with Gasteiger partial charge in [-0.05, 0) is 41.8 Å². The minimum atomic E-state index is -0.364. The number of anilines is 2. The average Bonchev–Trinajstić information content (AvgIpc) is 3.28. The van der Waals surface area contributed by atoms with Crippen molar-refractivity contribution in [3.8, 4) is 0 Å². The van der Waals surface area contributed by atoms with Crippen LogP contribution in [0.15, 0.2) is 77.8 Å². The van der Waals surface area contributed by atoms with Crippen molar-refractivity contribution in [2.75, 3.05) is 16.8 Å². The molecule has 1 aliphatic heterocycles. The Morgan fingerprint density at radius 1 is 0.926 bits per heavy atom. The lowest BCUT2D eigenvalue weighted by atomic mass is 10.1. The van der Waals surface area contributed by atoms with Gasteiger partial charge in [0.05, 0.1) is 11.3 Å². The summed E-state index contributed by atoms with van der Waals surface area (Å²) in [6.45, 7) is 0. The van der Waals surface area contributed by atoms with Crippen LogP contribution in [0.4, 0.5) is 11.4 Å². The van der Waals surface area contributed by atoms with Crippen molar-refractivity contribution >= 4 is 51.7 Å². The lowest BCUT2D eigenvalue weighted by Crippen LogP contribution is -2.34. The van der Waals surface area contributed by atoms with E-state index in [2.05, 4.69) is 0 Å². The van der Waals surface area contributed by atoms with Crippen LogP contribution in [0.25, 0.3) is 5.57 Å². The number of hydrogen-bond donors (Lipinski definition) is 0. The summed E-state index contributed by atoms with van der Waals surface area (Å²) in [5.41, 5.74) is 2.05. The van der Waals surface area contributed by atoms with E-state index in [9.17, 15) is 9.59 Å². The molecular weight excluding hydrogens is 380 g/mol. The SMILES string of the molecule is CN(C1=C(c2cccs2)C(=O)N(c2cccc(Cl)c2)C1=O)c1ccccc1. The molecule has 0 saturated heterocycles. The second-order valence-corrected chi connectivity index (χ2v) is 7.41. The summed E-state index contributed by atoms with van der Waals surface area (Å²) in [5, 5.41) is 2.36. The van der Waals surface area contributed by atoms with Gasteiger partial charge in [-0.3, -0.25) is 9.59 Å². The van der Waals surface area contributed by atoms with Gasteiger partial charge >= 0.3 is 0 Å². The van der Waals surface area contributed by atoms with Crippen LogP contribution in [-0.2, 0) is 9.59 Å². The molecule has 2 heterocycles. The maximum atomic E-state index is 13.3. The monoisotopic (exact) mass is 394 g/mol. The van der Waals surface area contributed by atoms with Crippen LogP contribution in [0, 0.1) is 0 Å². The Kier molecular flexibility index (Phi) is 4.56. The predicted molar refractivity (Wildman–Crippen MR) is 110 cm³/mol. The molecule has 0 radical (unpaired) electrons. The fraction of sp³-hybridized carbons (Fsp3) is 0.0476. The van der Waals surface area contributed by atoms with Gasteiger partial charge in [-0.25, -0.2) is 4.90 Å². The Hall–Kier alpha value is -2.89. The van der Waals surface area contributed by atoms with Crippen LogP contribution in [-0.4, -0.2) is 18.9 Å². The summed E-state index contributed by atoms with van der Waals surface area (Å²) < 4.78 is 0. The van der Waals surface area contributed by atoms with Gasteiger partial charge in [0, 0.05) is 22.6 Å². The molecule has 27 heavy (non-hydrogen) atoms. The van der Waals surface area contributed by atoms with Crippen molar-refractivity contribution in [3.05, 3.63) is 87.7 Å². The number of nitrogens with zero attached hydrogens (tertiary/aromatic N) is 2. The summed E-state index contributed by atoms with van der Waals surface area (Å²) in [4.78, 5) is 30.3. The maximum absolute atomic E-state index is 13.3. The van der Waals surface area contributed by atoms with Gasteiger partial charge in [-0.2, -0.15) is 0 Å². The largest absolute Gasteiger partial charge is 0.339 e. The molecule has 0 saturated carbocycles. The average molecular weight is 395 g/mol. The Balaban J connectivity index is 1.86. The molecule has 0 fully saturated rings. The summed E-state index contributed by atoms with van der Waals surface area (Å²) in [5.74, 6) is -0.709. The van der Waals surface area contributed by atoms with E-state index in [1.807, 2.05) is 47.8 Å². The number of benzene rings is 2. The lowest BCUT2D eigenvalue weighted by Gasteiger charge is -2.21. The molecule has 0 bridgehead atoms. The first-order valence-electron chi connectivity index (χ1n) is 8.29. The zero-order valence-corrected chi connectivity index (χ0v) is 16.0. The summed E-state index contributed by atoms with van der Waals surface area (Å²) in [6.07, 6.45) is 0. The van der Waals surface area contributed by atoms with Crippen molar-refractivity contribution in [2.45, 2.75) is 0 Å². The number of amides is 2. The van der Waals surface area contributed by atoms with E-state index in [0.717, 1.165) is 10.6 Å². The van der Waals surface area contributed by atoms with Crippen LogP contribution < -0.4 is 9.80 Å². The highest BCUT2D eigenvalue weighted by Gasteiger charge is 2.42. The van der Waals surface area contributed by atoms with Gasteiger partial charge in [-0.1, -0.05) is 41.9 Å². The minimum Gasteiger partial charge on any atom is -0.339 e. The molecule has 3 aromatic rings.